The summed E-state index contributed by atoms with van der Waals surface area (Å²) in [6.07, 6.45) is 0.647. The number of hydrogen-bond donors (Lipinski definition) is 3. The molecule has 144 valence electrons. The summed E-state index contributed by atoms with van der Waals surface area (Å²) in [4.78, 5) is 12.5. The molecule has 0 radical (unpaired) electrons. The maximum atomic E-state index is 12.5. The summed E-state index contributed by atoms with van der Waals surface area (Å²) in [7, 11) is 3.26. The standard InChI is InChI=1S/C21H27N3O3/c1-14(15-7-5-4-6-8-15)13-22-21(25)19-12-18(23-24-19)17-10-9-16(26-2)11-20(17)27-3/h4-11,14,18-19,23-24H,12-13H2,1-3H3,(H,22,25). The molecule has 0 aliphatic carbocycles. The molecule has 1 aliphatic heterocycles. The average molecular weight is 369 g/mol. The molecule has 1 saturated heterocycles. The molecule has 3 N–H and O–H groups in total. The summed E-state index contributed by atoms with van der Waals surface area (Å²) in [6, 6.07) is 15.6. The average Bonchev–Trinajstić information content (AvgIpc) is 3.22. The molecule has 1 fully saturated rings. The number of carbonyl (C=O) groups is 1. The van der Waals surface area contributed by atoms with Gasteiger partial charge in [0.1, 0.15) is 17.5 Å². The number of nitrogens with one attached hydrogen (secondary N) is 3. The number of amides is 1. The van der Waals surface area contributed by atoms with E-state index < -0.39 is 0 Å². The fraction of sp³-hybridized carbons (Fsp3) is 0.381. The summed E-state index contributed by atoms with van der Waals surface area (Å²) < 4.78 is 10.7. The van der Waals surface area contributed by atoms with Crippen LogP contribution >= 0.6 is 0 Å². The van der Waals surface area contributed by atoms with E-state index in [9.17, 15) is 4.79 Å². The smallest absolute Gasteiger partial charge is 0.238 e. The highest BCUT2D eigenvalue weighted by atomic mass is 16.5. The van der Waals surface area contributed by atoms with Crippen LogP contribution in [-0.4, -0.2) is 32.7 Å². The number of rotatable bonds is 7. The van der Waals surface area contributed by atoms with E-state index in [1.807, 2.05) is 36.4 Å². The van der Waals surface area contributed by atoms with Gasteiger partial charge in [-0.25, -0.2) is 10.9 Å². The van der Waals surface area contributed by atoms with Gasteiger partial charge in [0.2, 0.25) is 5.91 Å². The van der Waals surface area contributed by atoms with E-state index >= 15 is 0 Å². The second-order valence-corrected chi connectivity index (χ2v) is 6.79. The van der Waals surface area contributed by atoms with E-state index in [-0.39, 0.29) is 23.9 Å². The van der Waals surface area contributed by atoms with Gasteiger partial charge in [-0.1, -0.05) is 43.3 Å². The fourth-order valence-corrected chi connectivity index (χ4v) is 3.31. The molecule has 1 aliphatic rings. The molecule has 27 heavy (non-hydrogen) atoms. The van der Waals surface area contributed by atoms with E-state index in [2.05, 4.69) is 35.2 Å². The van der Waals surface area contributed by atoms with Gasteiger partial charge in [-0.05, 0) is 24.0 Å². The maximum absolute atomic E-state index is 12.5. The lowest BCUT2D eigenvalue weighted by molar-refractivity contribution is -0.122. The molecule has 0 spiro atoms. The third-order valence-corrected chi connectivity index (χ3v) is 4.99. The van der Waals surface area contributed by atoms with Crippen LogP contribution in [0.15, 0.2) is 48.5 Å². The Kier molecular flexibility index (Phi) is 6.32. The van der Waals surface area contributed by atoms with Crippen molar-refractivity contribution in [3.8, 4) is 11.5 Å². The molecule has 6 heteroatoms. The lowest BCUT2D eigenvalue weighted by Crippen LogP contribution is -2.44. The van der Waals surface area contributed by atoms with Crippen molar-refractivity contribution in [2.45, 2.75) is 31.3 Å². The zero-order valence-electron chi connectivity index (χ0n) is 16.0. The van der Waals surface area contributed by atoms with Gasteiger partial charge < -0.3 is 14.8 Å². The zero-order chi connectivity index (χ0) is 19.2. The van der Waals surface area contributed by atoms with Crippen molar-refractivity contribution in [1.29, 1.82) is 0 Å². The lowest BCUT2D eigenvalue weighted by atomic mass is 9.99. The highest BCUT2D eigenvalue weighted by molar-refractivity contribution is 5.82. The molecule has 3 rings (SSSR count). The minimum atomic E-state index is -0.287. The largest absolute Gasteiger partial charge is 0.497 e. The van der Waals surface area contributed by atoms with Gasteiger partial charge in [-0.15, -0.1) is 0 Å². The maximum Gasteiger partial charge on any atom is 0.238 e. The van der Waals surface area contributed by atoms with E-state index in [4.69, 9.17) is 9.47 Å². The topological polar surface area (TPSA) is 71.6 Å². The summed E-state index contributed by atoms with van der Waals surface area (Å²) in [5.74, 6) is 1.75. The first-order valence-electron chi connectivity index (χ1n) is 9.18. The quantitative estimate of drug-likeness (QED) is 0.700. The van der Waals surface area contributed by atoms with Crippen LogP contribution < -0.4 is 25.6 Å². The SMILES string of the molecule is COc1ccc(C2CC(C(=O)NCC(C)c3ccccc3)NN2)c(OC)c1. The van der Waals surface area contributed by atoms with Crippen LogP contribution in [0.1, 0.15) is 36.4 Å². The molecular formula is C21H27N3O3. The minimum Gasteiger partial charge on any atom is -0.497 e. The Bertz CT molecular complexity index is 767. The van der Waals surface area contributed by atoms with Crippen molar-refractivity contribution >= 4 is 5.91 Å². The van der Waals surface area contributed by atoms with Crippen LogP contribution in [0.5, 0.6) is 11.5 Å². The molecule has 1 amide bonds. The Morgan fingerprint density at radius 3 is 2.63 bits per heavy atom. The number of methoxy groups -OCH3 is 2. The van der Waals surface area contributed by atoms with Gasteiger partial charge >= 0.3 is 0 Å². The third-order valence-electron chi connectivity index (χ3n) is 4.99. The van der Waals surface area contributed by atoms with Crippen LogP contribution in [-0.2, 0) is 4.79 Å². The van der Waals surface area contributed by atoms with Crippen molar-refractivity contribution in [3.05, 3.63) is 59.7 Å². The van der Waals surface area contributed by atoms with E-state index in [0.29, 0.717) is 13.0 Å². The van der Waals surface area contributed by atoms with Crippen LogP contribution in [0.3, 0.4) is 0 Å². The predicted molar refractivity (Wildman–Crippen MR) is 105 cm³/mol. The zero-order valence-corrected chi connectivity index (χ0v) is 16.0. The van der Waals surface area contributed by atoms with Gasteiger partial charge in [-0.2, -0.15) is 0 Å². The number of carbonyl (C=O) groups excluding carboxylic acids is 1. The van der Waals surface area contributed by atoms with E-state index in [1.54, 1.807) is 14.2 Å². The van der Waals surface area contributed by atoms with Crippen molar-refractivity contribution in [3.63, 3.8) is 0 Å². The highest BCUT2D eigenvalue weighted by Gasteiger charge is 2.31. The van der Waals surface area contributed by atoms with Gasteiger partial charge in [0.15, 0.2) is 0 Å². The van der Waals surface area contributed by atoms with Crippen molar-refractivity contribution in [2.24, 2.45) is 0 Å². The number of ether oxygens (including phenoxy) is 2. The summed E-state index contributed by atoms with van der Waals surface area (Å²) in [6.45, 7) is 2.72. The molecule has 3 atom stereocenters. The number of hydrazine groups is 1. The lowest BCUT2D eigenvalue weighted by Gasteiger charge is -2.16. The van der Waals surface area contributed by atoms with Crippen molar-refractivity contribution in [2.75, 3.05) is 20.8 Å². The van der Waals surface area contributed by atoms with Crippen LogP contribution in [0.2, 0.25) is 0 Å². The predicted octanol–water partition coefficient (Wildman–Crippen LogP) is 2.53. The van der Waals surface area contributed by atoms with Crippen molar-refractivity contribution in [1.82, 2.24) is 16.2 Å². The Labute approximate surface area is 160 Å². The van der Waals surface area contributed by atoms with Crippen molar-refractivity contribution < 1.29 is 14.3 Å². The van der Waals surface area contributed by atoms with Crippen LogP contribution in [0, 0.1) is 0 Å². The summed E-state index contributed by atoms with van der Waals surface area (Å²) in [5.41, 5.74) is 8.52. The van der Waals surface area contributed by atoms with Crippen LogP contribution in [0.25, 0.3) is 0 Å². The Morgan fingerprint density at radius 2 is 1.93 bits per heavy atom. The molecule has 2 aromatic rings. The first-order chi connectivity index (χ1) is 13.1. The first kappa shape index (κ1) is 19.2. The molecule has 6 nitrogen and oxygen atoms in total. The summed E-state index contributed by atoms with van der Waals surface area (Å²) in [5, 5.41) is 3.05. The molecule has 3 unspecified atom stereocenters. The molecular weight excluding hydrogens is 342 g/mol. The third kappa shape index (κ3) is 4.59. The Balaban J connectivity index is 1.57. The van der Waals surface area contributed by atoms with Gasteiger partial charge in [0.05, 0.1) is 20.3 Å². The molecule has 0 saturated carbocycles. The normalized spacial score (nSPS) is 20.1. The van der Waals surface area contributed by atoms with Gasteiger partial charge in [0, 0.05) is 18.2 Å². The molecule has 0 aromatic heterocycles. The molecule has 1 heterocycles. The Hall–Kier alpha value is -2.57. The van der Waals surface area contributed by atoms with E-state index in [0.717, 1.165) is 17.1 Å². The minimum absolute atomic E-state index is 0.000240. The second-order valence-electron chi connectivity index (χ2n) is 6.79. The molecule has 2 aromatic carbocycles. The van der Waals surface area contributed by atoms with Crippen LogP contribution in [0.4, 0.5) is 0 Å². The fourth-order valence-electron chi connectivity index (χ4n) is 3.31. The van der Waals surface area contributed by atoms with E-state index in [1.165, 1.54) is 5.56 Å². The number of benzene rings is 2. The number of hydrogen-bond acceptors (Lipinski definition) is 5. The second kappa shape index (κ2) is 8.88. The van der Waals surface area contributed by atoms with Gasteiger partial charge in [-0.3, -0.25) is 4.79 Å². The molecule has 0 bridgehead atoms. The highest BCUT2D eigenvalue weighted by Crippen LogP contribution is 2.33. The Morgan fingerprint density at radius 1 is 1.15 bits per heavy atom. The van der Waals surface area contributed by atoms with Gasteiger partial charge in [0.25, 0.3) is 0 Å². The monoisotopic (exact) mass is 369 g/mol. The summed E-state index contributed by atoms with van der Waals surface area (Å²) >= 11 is 0. The first-order valence-corrected chi connectivity index (χ1v) is 9.18.